The zero-order valence-electron chi connectivity index (χ0n) is 20.2. The SMILES string of the molecule is Cc1cccc(-c2noc(N3CCOCC3)c2CN(Cc2ccc(F)cc2)C(=O)c2ccccc2)c1. The minimum Gasteiger partial charge on any atom is -0.378 e. The molecule has 1 amide bonds. The van der Waals surface area contributed by atoms with Crippen LogP contribution in [-0.2, 0) is 17.8 Å². The van der Waals surface area contributed by atoms with Crippen LogP contribution in [0.2, 0.25) is 0 Å². The predicted octanol–water partition coefficient (Wildman–Crippen LogP) is 5.47. The summed E-state index contributed by atoms with van der Waals surface area (Å²) in [7, 11) is 0. The van der Waals surface area contributed by atoms with Gasteiger partial charge in [0.25, 0.3) is 5.91 Å². The molecule has 0 N–H and O–H groups in total. The molecule has 0 saturated carbocycles. The minimum atomic E-state index is -0.310. The Labute approximate surface area is 209 Å². The van der Waals surface area contributed by atoms with Crippen molar-refractivity contribution in [3.8, 4) is 11.3 Å². The second kappa shape index (κ2) is 10.7. The van der Waals surface area contributed by atoms with Crippen LogP contribution in [-0.4, -0.2) is 42.3 Å². The number of benzene rings is 3. The van der Waals surface area contributed by atoms with E-state index in [-0.39, 0.29) is 18.3 Å². The van der Waals surface area contributed by atoms with E-state index in [2.05, 4.69) is 16.1 Å². The van der Waals surface area contributed by atoms with Gasteiger partial charge in [-0.1, -0.05) is 59.3 Å². The number of halogens is 1. The first-order valence-corrected chi connectivity index (χ1v) is 12.1. The van der Waals surface area contributed by atoms with Crippen LogP contribution in [0.15, 0.2) is 83.4 Å². The molecule has 0 radical (unpaired) electrons. The summed E-state index contributed by atoms with van der Waals surface area (Å²) in [6, 6.07) is 23.5. The fourth-order valence-electron chi connectivity index (χ4n) is 4.44. The van der Waals surface area contributed by atoms with Crippen molar-refractivity contribution in [2.45, 2.75) is 20.0 Å². The number of rotatable bonds is 7. The topological polar surface area (TPSA) is 58.8 Å². The molecule has 0 bridgehead atoms. The smallest absolute Gasteiger partial charge is 0.254 e. The van der Waals surface area contributed by atoms with Gasteiger partial charge in [-0.15, -0.1) is 0 Å². The zero-order valence-corrected chi connectivity index (χ0v) is 20.2. The molecule has 36 heavy (non-hydrogen) atoms. The highest BCUT2D eigenvalue weighted by Gasteiger charge is 2.28. The number of aromatic nitrogens is 1. The lowest BCUT2D eigenvalue weighted by Crippen LogP contribution is -2.37. The third-order valence-corrected chi connectivity index (χ3v) is 6.30. The Morgan fingerprint density at radius 2 is 1.72 bits per heavy atom. The fraction of sp³-hybridized carbons (Fsp3) is 0.241. The fourth-order valence-corrected chi connectivity index (χ4v) is 4.44. The van der Waals surface area contributed by atoms with E-state index in [0.29, 0.717) is 50.0 Å². The summed E-state index contributed by atoms with van der Waals surface area (Å²) in [6.45, 7) is 5.19. The van der Waals surface area contributed by atoms with Crippen molar-refractivity contribution in [3.05, 3.63) is 107 Å². The number of nitrogens with zero attached hydrogens (tertiary/aromatic N) is 3. The molecule has 0 unspecified atom stereocenters. The van der Waals surface area contributed by atoms with E-state index in [4.69, 9.17) is 9.26 Å². The van der Waals surface area contributed by atoms with E-state index >= 15 is 0 Å². The highest BCUT2D eigenvalue weighted by atomic mass is 19.1. The van der Waals surface area contributed by atoms with E-state index in [0.717, 1.165) is 22.3 Å². The van der Waals surface area contributed by atoms with Crippen molar-refractivity contribution in [2.75, 3.05) is 31.2 Å². The van der Waals surface area contributed by atoms with E-state index < -0.39 is 0 Å². The Balaban J connectivity index is 1.56. The average molecular weight is 486 g/mol. The zero-order chi connectivity index (χ0) is 24.9. The maximum atomic E-state index is 13.7. The van der Waals surface area contributed by atoms with Gasteiger partial charge in [0.1, 0.15) is 11.5 Å². The molecule has 3 aromatic carbocycles. The second-order valence-corrected chi connectivity index (χ2v) is 8.94. The molecule has 1 saturated heterocycles. The summed E-state index contributed by atoms with van der Waals surface area (Å²) in [5.74, 6) is 0.221. The minimum absolute atomic E-state index is 0.121. The van der Waals surface area contributed by atoms with Crippen molar-refractivity contribution in [3.63, 3.8) is 0 Å². The number of amides is 1. The number of ether oxygens (including phenoxy) is 1. The van der Waals surface area contributed by atoms with Gasteiger partial charge in [0.2, 0.25) is 5.88 Å². The summed E-state index contributed by atoms with van der Waals surface area (Å²) < 4.78 is 25.0. The van der Waals surface area contributed by atoms with Gasteiger partial charge in [0, 0.05) is 30.8 Å². The van der Waals surface area contributed by atoms with Crippen LogP contribution in [0.4, 0.5) is 10.3 Å². The molecular formula is C29H28FN3O3. The molecule has 5 rings (SSSR count). The normalized spacial score (nSPS) is 13.6. The second-order valence-electron chi connectivity index (χ2n) is 8.94. The van der Waals surface area contributed by atoms with E-state index in [1.807, 2.05) is 43.3 Å². The number of hydrogen-bond acceptors (Lipinski definition) is 5. The molecule has 1 aliphatic heterocycles. The highest BCUT2D eigenvalue weighted by Crippen LogP contribution is 2.34. The Morgan fingerprint density at radius 3 is 2.44 bits per heavy atom. The van der Waals surface area contributed by atoms with Gasteiger partial charge in [-0.3, -0.25) is 4.79 Å². The van der Waals surface area contributed by atoms with Crippen molar-refractivity contribution >= 4 is 11.8 Å². The first-order valence-electron chi connectivity index (χ1n) is 12.1. The first-order chi connectivity index (χ1) is 17.6. The third kappa shape index (κ3) is 5.31. The van der Waals surface area contributed by atoms with Crippen molar-refractivity contribution in [1.82, 2.24) is 10.1 Å². The molecule has 0 aliphatic carbocycles. The standard InChI is InChI=1S/C29H28FN3O3/c1-21-6-5-9-24(18-21)27-26(29(36-31-27)32-14-16-35-17-15-32)20-33(19-22-10-12-25(30)13-11-22)28(34)23-7-3-2-4-8-23/h2-13,18H,14-17,19-20H2,1H3. The molecule has 184 valence electrons. The predicted molar refractivity (Wildman–Crippen MR) is 136 cm³/mol. The van der Waals surface area contributed by atoms with E-state index in [1.54, 1.807) is 29.2 Å². The number of morpholine rings is 1. The lowest BCUT2D eigenvalue weighted by molar-refractivity contribution is 0.0729. The lowest BCUT2D eigenvalue weighted by Gasteiger charge is -2.28. The molecule has 4 aromatic rings. The number of hydrogen-bond donors (Lipinski definition) is 0. The molecule has 2 heterocycles. The van der Waals surface area contributed by atoms with Gasteiger partial charge < -0.3 is 19.1 Å². The Kier molecular flexibility index (Phi) is 7.09. The van der Waals surface area contributed by atoms with Gasteiger partial charge >= 0.3 is 0 Å². The van der Waals surface area contributed by atoms with Gasteiger partial charge in [0.15, 0.2) is 0 Å². The van der Waals surface area contributed by atoms with Crippen LogP contribution >= 0.6 is 0 Å². The number of carbonyl (C=O) groups is 1. The van der Waals surface area contributed by atoms with E-state index in [1.165, 1.54) is 12.1 Å². The molecule has 0 spiro atoms. The van der Waals surface area contributed by atoms with Crippen molar-refractivity contribution in [1.29, 1.82) is 0 Å². The van der Waals surface area contributed by atoms with Crippen molar-refractivity contribution in [2.24, 2.45) is 0 Å². The van der Waals surface area contributed by atoms with Gasteiger partial charge in [-0.05, 0) is 42.8 Å². The largest absolute Gasteiger partial charge is 0.378 e. The van der Waals surface area contributed by atoms with Crippen LogP contribution < -0.4 is 4.90 Å². The average Bonchev–Trinajstić information content (AvgIpc) is 3.33. The van der Waals surface area contributed by atoms with Crippen LogP contribution in [0.1, 0.15) is 27.0 Å². The third-order valence-electron chi connectivity index (χ3n) is 6.30. The number of anilines is 1. The lowest BCUT2D eigenvalue weighted by atomic mass is 10.0. The Bertz CT molecular complexity index is 1320. The summed E-state index contributed by atoms with van der Waals surface area (Å²) in [4.78, 5) is 17.6. The summed E-state index contributed by atoms with van der Waals surface area (Å²) >= 11 is 0. The summed E-state index contributed by atoms with van der Waals surface area (Å²) in [5, 5.41) is 4.46. The summed E-state index contributed by atoms with van der Waals surface area (Å²) in [6.07, 6.45) is 0. The van der Waals surface area contributed by atoms with Crippen LogP contribution in [0.25, 0.3) is 11.3 Å². The van der Waals surface area contributed by atoms with E-state index in [9.17, 15) is 9.18 Å². The van der Waals surface area contributed by atoms with Crippen molar-refractivity contribution < 1.29 is 18.4 Å². The Hall–Kier alpha value is -3.97. The highest BCUT2D eigenvalue weighted by molar-refractivity contribution is 5.94. The summed E-state index contributed by atoms with van der Waals surface area (Å²) in [5.41, 5.74) is 5.02. The molecule has 0 atom stereocenters. The molecule has 1 aliphatic rings. The van der Waals surface area contributed by atoms with Crippen LogP contribution in [0, 0.1) is 12.7 Å². The van der Waals surface area contributed by atoms with Crippen LogP contribution in [0.5, 0.6) is 0 Å². The van der Waals surface area contributed by atoms with Crippen LogP contribution in [0.3, 0.4) is 0 Å². The molecule has 1 fully saturated rings. The quantitative estimate of drug-likeness (QED) is 0.348. The molecule has 6 nitrogen and oxygen atoms in total. The maximum absolute atomic E-state index is 13.7. The number of carbonyl (C=O) groups excluding carboxylic acids is 1. The van der Waals surface area contributed by atoms with Gasteiger partial charge in [0.05, 0.1) is 25.3 Å². The molecule has 1 aromatic heterocycles. The van der Waals surface area contributed by atoms with Gasteiger partial charge in [-0.25, -0.2) is 4.39 Å². The first kappa shape index (κ1) is 23.8. The molecular weight excluding hydrogens is 457 g/mol. The van der Waals surface area contributed by atoms with Gasteiger partial charge in [-0.2, -0.15) is 0 Å². The monoisotopic (exact) mass is 485 g/mol. The maximum Gasteiger partial charge on any atom is 0.254 e. The Morgan fingerprint density at radius 1 is 0.972 bits per heavy atom. The molecule has 7 heteroatoms. The number of aryl methyl sites for hydroxylation is 1.